The van der Waals surface area contributed by atoms with E-state index in [-0.39, 0.29) is 19.8 Å². The minimum absolute atomic E-state index is 0.0142. The van der Waals surface area contributed by atoms with Gasteiger partial charge in [-0.05, 0) is 6.42 Å². The van der Waals surface area contributed by atoms with Gasteiger partial charge in [0.15, 0.2) is 0 Å². The van der Waals surface area contributed by atoms with Gasteiger partial charge in [0.05, 0.1) is 33.0 Å². The normalized spacial score (nSPS) is 12.1. The Morgan fingerprint density at radius 2 is 2.00 bits per heavy atom. The van der Waals surface area contributed by atoms with Gasteiger partial charge in [-0.3, -0.25) is 0 Å². The van der Waals surface area contributed by atoms with Crippen LogP contribution in [0.2, 0.25) is 0 Å². The summed E-state index contributed by atoms with van der Waals surface area (Å²) in [7, 11) is 0. The first-order chi connectivity index (χ1) is 9.24. The van der Waals surface area contributed by atoms with Crippen LogP contribution in [0.15, 0.2) is 12.7 Å². The third-order valence-corrected chi connectivity index (χ3v) is 2.08. The zero-order valence-corrected chi connectivity index (χ0v) is 11.5. The molecular weight excluding hydrogens is 252 g/mol. The van der Waals surface area contributed by atoms with E-state index in [0.717, 1.165) is 18.9 Å². The lowest BCUT2D eigenvalue weighted by atomic mass is 10.4. The molecule has 0 saturated carbocycles. The standard InChI is InChI=1S/C13H24O6/c1-3-5-7-18-13(19-12(15)4-2)11-17-10-9-16-8-6-14/h4,13-14H,2-3,5-11H2,1H3. The number of unbranched alkanes of at least 4 members (excludes halogenated alkanes) is 1. The van der Waals surface area contributed by atoms with Crippen molar-refractivity contribution in [3.63, 3.8) is 0 Å². The van der Waals surface area contributed by atoms with Crippen LogP contribution in [0.5, 0.6) is 0 Å². The van der Waals surface area contributed by atoms with Crippen molar-refractivity contribution in [2.75, 3.05) is 39.6 Å². The second-order valence-electron chi connectivity index (χ2n) is 3.71. The Hall–Kier alpha value is -0.950. The molecule has 0 aromatic rings. The second kappa shape index (κ2) is 13.5. The lowest BCUT2D eigenvalue weighted by molar-refractivity contribution is -0.187. The minimum atomic E-state index is -0.727. The van der Waals surface area contributed by atoms with Gasteiger partial charge in [0.1, 0.15) is 6.61 Å². The molecule has 6 heteroatoms. The summed E-state index contributed by atoms with van der Waals surface area (Å²) in [6.07, 6.45) is 2.25. The molecule has 1 unspecified atom stereocenters. The molecule has 19 heavy (non-hydrogen) atoms. The van der Waals surface area contributed by atoms with Gasteiger partial charge in [-0.15, -0.1) is 0 Å². The van der Waals surface area contributed by atoms with Crippen molar-refractivity contribution < 1.29 is 28.8 Å². The van der Waals surface area contributed by atoms with Crippen molar-refractivity contribution in [2.24, 2.45) is 0 Å². The molecule has 1 atom stereocenters. The number of carbonyl (C=O) groups excluding carboxylic acids is 1. The van der Waals surface area contributed by atoms with E-state index in [1.54, 1.807) is 0 Å². The summed E-state index contributed by atoms with van der Waals surface area (Å²) >= 11 is 0. The molecule has 6 nitrogen and oxygen atoms in total. The average Bonchev–Trinajstić information content (AvgIpc) is 2.42. The Morgan fingerprint density at radius 1 is 1.26 bits per heavy atom. The summed E-state index contributed by atoms with van der Waals surface area (Å²) < 4.78 is 20.7. The maximum absolute atomic E-state index is 11.1. The lowest BCUT2D eigenvalue weighted by Crippen LogP contribution is -2.27. The number of ether oxygens (including phenoxy) is 4. The fourth-order valence-electron chi connectivity index (χ4n) is 1.12. The molecule has 0 aliphatic heterocycles. The summed E-state index contributed by atoms with van der Waals surface area (Å²) in [6, 6.07) is 0. The summed E-state index contributed by atoms with van der Waals surface area (Å²) in [6.45, 7) is 7.01. The zero-order valence-electron chi connectivity index (χ0n) is 11.5. The number of esters is 1. The highest BCUT2D eigenvalue weighted by molar-refractivity contribution is 5.81. The molecule has 0 amide bonds. The van der Waals surface area contributed by atoms with Crippen LogP contribution in [0.25, 0.3) is 0 Å². The fraction of sp³-hybridized carbons (Fsp3) is 0.769. The van der Waals surface area contributed by atoms with Gasteiger partial charge in [-0.25, -0.2) is 4.79 Å². The molecule has 0 radical (unpaired) electrons. The molecule has 0 aromatic heterocycles. The number of carbonyl (C=O) groups is 1. The van der Waals surface area contributed by atoms with Crippen LogP contribution >= 0.6 is 0 Å². The Bertz CT molecular complexity index is 231. The maximum Gasteiger partial charge on any atom is 0.332 e. The molecular formula is C13H24O6. The predicted molar refractivity (Wildman–Crippen MR) is 69.7 cm³/mol. The molecule has 0 aliphatic carbocycles. The van der Waals surface area contributed by atoms with E-state index in [0.29, 0.717) is 19.8 Å². The monoisotopic (exact) mass is 276 g/mol. The summed E-state index contributed by atoms with van der Waals surface area (Å²) in [5.41, 5.74) is 0. The molecule has 0 bridgehead atoms. The molecule has 0 aliphatic rings. The summed E-state index contributed by atoms with van der Waals surface area (Å²) in [5.74, 6) is -0.540. The van der Waals surface area contributed by atoms with E-state index in [1.807, 2.05) is 6.92 Å². The quantitative estimate of drug-likeness (QED) is 0.233. The zero-order chi connectivity index (χ0) is 14.3. The molecule has 0 heterocycles. The molecule has 0 rings (SSSR count). The van der Waals surface area contributed by atoms with Crippen LogP contribution < -0.4 is 0 Å². The number of aliphatic hydroxyl groups is 1. The van der Waals surface area contributed by atoms with Crippen molar-refractivity contribution in [1.82, 2.24) is 0 Å². The van der Waals surface area contributed by atoms with E-state index in [1.165, 1.54) is 0 Å². The minimum Gasteiger partial charge on any atom is -0.430 e. The molecule has 0 fully saturated rings. The third-order valence-electron chi connectivity index (χ3n) is 2.08. The molecule has 1 N–H and O–H groups in total. The Morgan fingerprint density at radius 3 is 2.63 bits per heavy atom. The summed E-state index contributed by atoms with van der Waals surface area (Å²) in [5, 5.41) is 8.51. The van der Waals surface area contributed by atoms with Crippen LogP contribution in [0.1, 0.15) is 19.8 Å². The fourth-order valence-corrected chi connectivity index (χ4v) is 1.12. The van der Waals surface area contributed by atoms with Gasteiger partial charge in [0, 0.05) is 6.08 Å². The first-order valence-electron chi connectivity index (χ1n) is 6.45. The van der Waals surface area contributed by atoms with Gasteiger partial charge >= 0.3 is 5.97 Å². The van der Waals surface area contributed by atoms with Crippen molar-refractivity contribution >= 4 is 5.97 Å². The predicted octanol–water partition coefficient (Wildman–Crippen LogP) is 0.884. The van der Waals surface area contributed by atoms with Gasteiger partial charge in [0.2, 0.25) is 6.29 Å². The van der Waals surface area contributed by atoms with Crippen LogP contribution in [0, 0.1) is 0 Å². The van der Waals surface area contributed by atoms with Crippen molar-refractivity contribution in [1.29, 1.82) is 0 Å². The maximum atomic E-state index is 11.1. The highest BCUT2D eigenvalue weighted by Crippen LogP contribution is 2.00. The number of hydrogen-bond acceptors (Lipinski definition) is 6. The molecule has 0 spiro atoms. The van der Waals surface area contributed by atoms with E-state index in [9.17, 15) is 4.79 Å². The molecule has 112 valence electrons. The average molecular weight is 276 g/mol. The summed E-state index contributed by atoms with van der Waals surface area (Å²) in [4.78, 5) is 11.1. The number of hydrogen-bond donors (Lipinski definition) is 1. The first-order valence-corrected chi connectivity index (χ1v) is 6.45. The van der Waals surface area contributed by atoms with Gasteiger partial charge < -0.3 is 24.1 Å². The highest BCUT2D eigenvalue weighted by atomic mass is 16.7. The molecule has 0 aromatic carbocycles. The largest absolute Gasteiger partial charge is 0.430 e. The Balaban J connectivity index is 3.77. The highest BCUT2D eigenvalue weighted by Gasteiger charge is 2.13. The number of rotatable bonds is 13. The Labute approximate surface area is 114 Å². The van der Waals surface area contributed by atoms with Gasteiger partial charge in [0.25, 0.3) is 0 Å². The van der Waals surface area contributed by atoms with Crippen LogP contribution in [0.3, 0.4) is 0 Å². The van der Waals surface area contributed by atoms with Crippen LogP contribution in [0.4, 0.5) is 0 Å². The van der Waals surface area contributed by atoms with Crippen molar-refractivity contribution in [3.8, 4) is 0 Å². The van der Waals surface area contributed by atoms with Gasteiger partial charge in [-0.1, -0.05) is 19.9 Å². The lowest BCUT2D eigenvalue weighted by Gasteiger charge is -2.17. The van der Waals surface area contributed by atoms with Crippen molar-refractivity contribution in [2.45, 2.75) is 26.1 Å². The van der Waals surface area contributed by atoms with E-state index < -0.39 is 12.3 Å². The van der Waals surface area contributed by atoms with Crippen LogP contribution in [-0.2, 0) is 23.7 Å². The van der Waals surface area contributed by atoms with E-state index in [2.05, 4.69) is 6.58 Å². The Kier molecular flexibility index (Phi) is 12.8. The second-order valence-corrected chi connectivity index (χ2v) is 3.71. The van der Waals surface area contributed by atoms with Crippen molar-refractivity contribution in [3.05, 3.63) is 12.7 Å². The van der Waals surface area contributed by atoms with Gasteiger partial charge in [-0.2, -0.15) is 0 Å². The smallest absolute Gasteiger partial charge is 0.332 e. The van der Waals surface area contributed by atoms with E-state index in [4.69, 9.17) is 24.1 Å². The topological polar surface area (TPSA) is 74.2 Å². The number of aliphatic hydroxyl groups excluding tert-OH is 1. The van der Waals surface area contributed by atoms with Crippen LogP contribution in [-0.4, -0.2) is 57.0 Å². The first kappa shape index (κ1) is 18.0. The SMILES string of the molecule is C=CC(=O)OC(COCCOCCO)OCCCC. The van der Waals surface area contributed by atoms with E-state index >= 15 is 0 Å². The third kappa shape index (κ3) is 11.9. The molecule has 0 saturated heterocycles.